The number of nitrogens with zero attached hydrogens (tertiary/aromatic N) is 3. The monoisotopic (exact) mass is 388 g/mol. The summed E-state index contributed by atoms with van der Waals surface area (Å²) in [5.74, 6) is 0.568. The van der Waals surface area contributed by atoms with Crippen LogP contribution in [0.15, 0.2) is 36.5 Å². The van der Waals surface area contributed by atoms with Crippen LogP contribution in [-0.2, 0) is 9.84 Å². The number of para-hydroxylation sites is 1. The first-order valence-corrected chi connectivity index (χ1v) is 10.8. The van der Waals surface area contributed by atoms with Gasteiger partial charge in [0.2, 0.25) is 5.95 Å². The lowest BCUT2D eigenvalue weighted by molar-refractivity contribution is 0.102. The van der Waals surface area contributed by atoms with Crippen LogP contribution in [0.3, 0.4) is 0 Å². The van der Waals surface area contributed by atoms with Gasteiger partial charge in [0.05, 0.1) is 11.5 Å². The van der Waals surface area contributed by atoms with E-state index in [1.165, 1.54) is 6.20 Å². The van der Waals surface area contributed by atoms with Gasteiger partial charge < -0.3 is 10.2 Å². The molecule has 2 aromatic rings. The molecule has 0 aliphatic carbocycles. The van der Waals surface area contributed by atoms with Crippen molar-refractivity contribution in [2.75, 3.05) is 28.8 Å². The van der Waals surface area contributed by atoms with Crippen molar-refractivity contribution in [1.82, 2.24) is 9.97 Å². The Kier molecular flexibility index (Phi) is 5.46. The zero-order chi connectivity index (χ0) is 19.6. The number of hydrogen-bond donors (Lipinski definition) is 1. The Labute approximate surface area is 159 Å². The van der Waals surface area contributed by atoms with Crippen LogP contribution in [0.5, 0.6) is 0 Å². The third-order valence-corrected chi connectivity index (χ3v) is 6.53. The molecule has 1 saturated heterocycles. The topological polar surface area (TPSA) is 92.3 Å². The average Bonchev–Trinajstić information content (AvgIpc) is 3.01. The molecule has 3 rings (SSSR count). The Balaban J connectivity index is 1.78. The standard InChI is InChI=1S/C19H24N4O3S/c1-13(2)15-6-4-5-7-16(15)21-18(24)17-8-10-20-19(22-17)23(3)14-9-11-27(25,26)12-14/h4-8,10,13-14H,9,11-12H2,1-3H3,(H,21,24). The summed E-state index contributed by atoms with van der Waals surface area (Å²) in [6.45, 7) is 4.14. The van der Waals surface area contributed by atoms with E-state index in [9.17, 15) is 13.2 Å². The van der Waals surface area contributed by atoms with Gasteiger partial charge in [-0.1, -0.05) is 32.0 Å². The molecule has 27 heavy (non-hydrogen) atoms. The first kappa shape index (κ1) is 19.3. The molecule has 1 fully saturated rings. The maximum absolute atomic E-state index is 12.7. The lowest BCUT2D eigenvalue weighted by Gasteiger charge is -2.23. The number of hydrogen-bond acceptors (Lipinski definition) is 6. The largest absolute Gasteiger partial charge is 0.340 e. The number of anilines is 2. The number of nitrogens with one attached hydrogen (secondary N) is 1. The number of carbonyl (C=O) groups excluding carboxylic acids is 1. The van der Waals surface area contributed by atoms with Gasteiger partial charge in [0.1, 0.15) is 5.69 Å². The normalized spacial score (nSPS) is 18.4. The number of aromatic nitrogens is 2. The van der Waals surface area contributed by atoms with Crippen LogP contribution in [0.4, 0.5) is 11.6 Å². The van der Waals surface area contributed by atoms with Crippen molar-refractivity contribution < 1.29 is 13.2 Å². The fraction of sp³-hybridized carbons (Fsp3) is 0.421. The second kappa shape index (κ2) is 7.64. The summed E-state index contributed by atoms with van der Waals surface area (Å²) in [6.07, 6.45) is 2.06. The summed E-state index contributed by atoms with van der Waals surface area (Å²) in [4.78, 5) is 23.0. The average molecular weight is 388 g/mol. The van der Waals surface area contributed by atoms with Gasteiger partial charge in [-0.25, -0.2) is 18.4 Å². The van der Waals surface area contributed by atoms with E-state index in [1.807, 2.05) is 24.3 Å². The number of sulfone groups is 1. The molecular weight excluding hydrogens is 364 g/mol. The highest BCUT2D eigenvalue weighted by Gasteiger charge is 2.32. The van der Waals surface area contributed by atoms with Gasteiger partial charge in [-0.15, -0.1) is 0 Å². The van der Waals surface area contributed by atoms with Gasteiger partial charge in [-0.05, 0) is 30.0 Å². The highest BCUT2D eigenvalue weighted by atomic mass is 32.2. The van der Waals surface area contributed by atoms with Crippen molar-refractivity contribution in [2.45, 2.75) is 32.2 Å². The van der Waals surface area contributed by atoms with E-state index in [0.717, 1.165) is 11.3 Å². The van der Waals surface area contributed by atoms with E-state index < -0.39 is 9.84 Å². The predicted octanol–water partition coefficient (Wildman–Crippen LogP) is 2.48. The van der Waals surface area contributed by atoms with Gasteiger partial charge in [0, 0.05) is 25.0 Å². The highest BCUT2D eigenvalue weighted by Crippen LogP contribution is 2.24. The number of benzene rings is 1. The quantitative estimate of drug-likeness (QED) is 0.846. The van der Waals surface area contributed by atoms with Crippen LogP contribution in [0.25, 0.3) is 0 Å². The number of rotatable bonds is 5. The van der Waals surface area contributed by atoms with Crippen LogP contribution in [0, 0.1) is 0 Å². The van der Waals surface area contributed by atoms with Crippen molar-refractivity contribution in [2.24, 2.45) is 0 Å². The fourth-order valence-corrected chi connectivity index (χ4v) is 4.96. The summed E-state index contributed by atoms with van der Waals surface area (Å²) in [7, 11) is -1.24. The van der Waals surface area contributed by atoms with E-state index >= 15 is 0 Å². The van der Waals surface area contributed by atoms with E-state index in [1.54, 1.807) is 18.0 Å². The Bertz CT molecular complexity index is 943. The molecule has 7 nitrogen and oxygen atoms in total. The van der Waals surface area contributed by atoms with E-state index in [2.05, 4.69) is 29.1 Å². The fourth-order valence-electron chi connectivity index (χ4n) is 3.19. The third kappa shape index (κ3) is 4.44. The number of amides is 1. The number of carbonyl (C=O) groups is 1. The first-order chi connectivity index (χ1) is 12.8. The summed E-state index contributed by atoms with van der Waals surface area (Å²) < 4.78 is 23.4. The minimum Gasteiger partial charge on any atom is -0.340 e. The maximum atomic E-state index is 12.7. The molecule has 1 amide bonds. The predicted molar refractivity (Wildman–Crippen MR) is 106 cm³/mol. The minimum absolute atomic E-state index is 0.0883. The molecule has 1 atom stereocenters. The maximum Gasteiger partial charge on any atom is 0.274 e. The molecule has 0 spiro atoms. The summed E-state index contributed by atoms with van der Waals surface area (Å²) in [5.41, 5.74) is 2.05. The SMILES string of the molecule is CC(C)c1ccccc1NC(=O)c1ccnc(N(C)C2CCS(=O)(=O)C2)n1. The lowest BCUT2D eigenvalue weighted by Crippen LogP contribution is -2.34. The molecule has 144 valence electrons. The van der Waals surface area contributed by atoms with Crippen molar-refractivity contribution >= 4 is 27.4 Å². The Morgan fingerprint density at radius 3 is 2.67 bits per heavy atom. The molecule has 1 aromatic heterocycles. The van der Waals surface area contributed by atoms with Gasteiger partial charge in [0.25, 0.3) is 5.91 Å². The summed E-state index contributed by atoms with van der Waals surface area (Å²) in [6, 6.07) is 9.05. The molecule has 1 aromatic carbocycles. The molecule has 1 unspecified atom stereocenters. The first-order valence-electron chi connectivity index (χ1n) is 8.93. The highest BCUT2D eigenvalue weighted by molar-refractivity contribution is 7.91. The van der Waals surface area contributed by atoms with Crippen molar-refractivity contribution in [1.29, 1.82) is 0 Å². The smallest absolute Gasteiger partial charge is 0.274 e. The van der Waals surface area contributed by atoms with Gasteiger partial charge in [-0.3, -0.25) is 4.79 Å². The third-order valence-electron chi connectivity index (χ3n) is 4.78. The van der Waals surface area contributed by atoms with Crippen molar-refractivity contribution in [3.05, 3.63) is 47.8 Å². The molecule has 1 aliphatic rings. The summed E-state index contributed by atoms with van der Waals surface area (Å²) in [5, 5.41) is 2.91. The molecule has 0 bridgehead atoms. The lowest BCUT2D eigenvalue weighted by atomic mass is 10.0. The molecule has 2 heterocycles. The Hall–Kier alpha value is -2.48. The van der Waals surface area contributed by atoms with Gasteiger partial charge >= 0.3 is 0 Å². The van der Waals surface area contributed by atoms with Crippen molar-refractivity contribution in [3.63, 3.8) is 0 Å². The second-order valence-electron chi connectivity index (χ2n) is 7.11. The molecule has 0 saturated carbocycles. The van der Waals surface area contributed by atoms with Crippen LogP contribution in [-0.4, -0.2) is 48.9 Å². The second-order valence-corrected chi connectivity index (χ2v) is 9.33. The van der Waals surface area contributed by atoms with E-state index in [4.69, 9.17) is 0 Å². The molecule has 0 radical (unpaired) electrons. The summed E-state index contributed by atoms with van der Waals surface area (Å²) >= 11 is 0. The van der Waals surface area contributed by atoms with Crippen LogP contribution < -0.4 is 10.2 Å². The van der Waals surface area contributed by atoms with Crippen LogP contribution in [0.2, 0.25) is 0 Å². The van der Waals surface area contributed by atoms with Crippen LogP contribution in [0.1, 0.15) is 42.2 Å². The van der Waals surface area contributed by atoms with E-state index in [-0.39, 0.29) is 35.1 Å². The molecular formula is C19H24N4O3S. The molecule has 1 N–H and O–H groups in total. The van der Waals surface area contributed by atoms with Gasteiger partial charge in [0.15, 0.2) is 9.84 Å². The zero-order valence-electron chi connectivity index (χ0n) is 15.7. The Morgan fingerprint density at radius 1 is 1.26 bits per heavy atom. The molecule has 8 heteroatoms. The van der Waals surface area contributed by atoms with Crippen LogP contribution >= 0.6 is 0 Å². The van der Waals surface area contributed by atoms with Crippen molar-refractivity contribution in [3.8, 4) is 0 Å². The minimum atomic E-state index is -3.01. The van der Waals surface area contributed by atoms with Gasteiger partial charge in [-0.2, -0.15) is 0 Å². The van der Waals surface area contributed by atoms with E-state index in [0.29, 0.717) is 12.4 Å². The zero-order valence-corrected chi connectivity index (χ0v) is 16.5. The molecule has 1 aliphatic heterocycles. The Morgan fingerprint density at radius 2 is 2.00 bits per heavy atom.